The maximum Gasteiger partial charge on any atom is 0.408 e. The Morgan fingerprint density at radius 1 is 0.900 bits per heavy atom. The first-order valence-electron chi connectivity index (χ1n) is 15.2. The van der Waals surface area contributed by atoms with Crippen LogP contribution in [0, 0.1) is 25.7 Å². The molecule has 0 bridgehead atoms. The molecule has 5 atom stereocenters. The standard InChI is InChI=1S/C33H57N3O4/c1-13-15-25(8)34-30(37)29(27-19-17-23(6)24(7)20-27)36(26(9)18-16-21(3)4)31(38)28(22(5)14-2)35-32(39)40-33(10,11)12/h17,19-22,25-26,28-29H,13-16,18H2,1-12H3,(H,34,37)(H,35,39). The lowest BCUT2D eigenvalue weighted by Crippen LogP contribution is -2.57. The van der Waals surface area contributed by atoms with E-state index in [1.807, 2.05) is 59.7 Å². The summed E-state index contributed by atoms with van der Waals surface area (Å²) in [6, 6.07) is 4.04. The van der Waals surface area contributed by atoms with E-state index >= 15 is 0 Å². The largest absolute Gasteiger partial charge is 0.444 e. The molecule has 0 aliphatic carbocycles. The van der Waals surface area contributed by atoms with Crippen molar-refractivity contribution in [2.45, 2.75) is 145 Å². The van der Waals surface area contributed by atoms with Gasteiger partial charge in [0.15, 0.2) is 0 Å². The lowest BCUT2D eigenvalue weighted by molar-refractivity contribution is -0.146. The van der Waals surface area contributed by atoms with Crippen LogP contribution < -0.4 is 10.6 Å². The summed E-state index contributed by atoms with van der Waals surface area (Å²) < 4.78 is 5.53. The summed E-state index contributed by atoms with van der Waals surface area (Å²) in [4.78, 5) is 43.3. The van der Waals surface area contributed by atoms with Crippen LogP contribution >= 0.6 is 0 Å². The fourth-order valence-electron chi connectivity index (χ4n) is 4.79. The molecule has 2 N–H and O–H groups in total. The molecule has 1 aromatic carbocycles. The second kappa shape index (κ2) is 16.0. The van der Waals surface area contributed by atoms with E-state index in [1.54, 1.807) is 25.7 Å². The topological polar surface area (TPSA) is 87.7 Å². The van der Waals surface area contributed by atoms with Gasteiger partial charge in [-0.2, -0.15) is 0 Å². The Labute approximate surface area is 244 Å². The van der Waals surface area contributed by atoms with E-state index in [4.69, 9.17) is 4.74 Å². The van der Waals surface area contributed by atoms with Gasteiger partial charge in [0.2, 0.25) is 11.8 Å². The number of aryl methyl sites for hydroxylation is 2. The summed E-state index contributed by atoms with van der Waals surface area (Å²) in [6.45, 7) is 23.8. The minimum absolute atomic E-state index is 0.0280. The van der Waals surface area contributed by atoms with Gasteiger partial charge in [0.25, 0.3) is 0 Å². The molecule has 40 heavy (non-hydrogen) atoms. The normalized spacial score (nSPS) is 15.5. The number of carbonyl (C=O) groups is 3. The SMILES string of the molecule is CCCC(C)NC(=O)C(c1ccc(C)c(C)c1)N(C(=O)C(NC(=O)OC(C)(C)C)C(C)CC)C(C)CCC(C)C. The van der Waals surface area contributed by atoms with Crippen molar-refractivity contribution >= 4 is 17.9 Å². The van der Waals surface area contributed by atoms with Gasteiger partial charge in [-0.15, -0.1) is 0 Å². The van der Waals surface area contributed by atoms with Gasteiger partial charge in [0, 0.05) is 12.1 Å². The van der Waals surface area contributed by atoms with Crippen LogP contribution in [0.15, 0.2) is 18.2 Å². The molecule has 1 aromatic rings. The number of benzene rings is 1. The smallest absolute Gasteiger partial charge is 0.408 e. The molecule has 1 rings (SSSR count). The number of hydrogen-bond donors (Lipinski definition) is 2. The number of carbonyl (C=O) groups excluding carboxylic acids is 3. The van der Waals surface area contributed by atoms with Crippen molar-refractivity contribution in [3.05, 3.63) is 34.9 Å². The van der Waals surface area contributed by atoms with Crippen molar-refractivity contribution in [3.63, 3.8) is 0 Å². The Hall–Kier alpha value is -2.57. The lowest BCUT2D eigenvalue weighted by Gasteiger charge is -2.40. The fraction of sp³-hybridized carbons (Fsp3) is 0.727. The van der Waals surface area contributed by atoms with Crippen LogP contribution in [0.1, 0.15) is 124 Å². The molecule has 0 saturated heterocycles. The second-order valence-electron chi connectivity index (χ2n) is 13.0. The van der Waals surface area contributed by atoms with E-state index in [1.165, 1.54) is 0 Å². The van der Waals surface area contributed by atoms with E-state index in [-0.39, 0.29) is 29.8 Å². The zero-order valence-corrected chi connectivity index (χ0v) is 27.3. The lowest BCUT2D eigenvalue weighted by atomic mass is 9.92. The van der Waals surface area contributed by atoms with Crippen molar-refractivity contribution in [1.29, 1.82) is 0 Å². The first-order valence-corrected chi connectivity index (χ1v) is 15.2. The maximum atomic E-state index is 14.6. The molecule has 3 amide bonds. The minimum Gasteiger partial charge on any atom is -0.444 e. The highest BCUT2D eigenvalue weighted by atomic mass is 16.6. The van der Waals surface area contributed by atoms with Crippen LogP contribution in [0.5, 0.6) is 0 Å². The van der Waals surface area contributed by atoms with E-state index in [0.717, 1.165) is 42.4 Å². The highest BCUT2D eigenvalue weighted by molar-refractivity contribution is 5.92. The minimum atomic E-state index is -0.837. The molecule has 0 saturated carbocycles. The molecule has 0 radical (unpaired) electrons. The highest BCUT2D eigenvalue weighted by Crippen LogP contribution is 2.30. The molecule has 0 fully saturated rings. The third-order valence-corrected chi connectivity index (χ3v) is 7.53. The summed E-state index contributed by atoms with van der Waals surface area (Å²) >= 11 is 0. The predicted octanol–water partition coefficient (Wildman–Crippen LogP) is 7.24. The van der Waals surface area contributed by atoms with E-state index in [9.17, 15) is 14.4 Å². The van der Waals surface area contributed by atoms with Crippen LogP contribution in [-0.4, -0.2) is 46.5 Å². The third kappa shape index (κ3) is 11.1. The first kappa shape index (κ1) is 35.5. The number of rotatable bonds is 14. The number of alkyl carbamates (subject to hydrolysis) is 1. The fourth-order valence-corrected chi connectivity index (χ4v) is 4.79. The average Bonchev–Trinajstić information content (AvgIpc) is 2.84. The van der Waals surface area contributed by atoms with Crippen LogP contribution in [0.2, 0.25) is 0 Å². The molecule has 0 spiro atoms. The van der Waals surface area contributed by atoms with Crippen LogP contribution in [0.3, 0.4) is 0 Å². The first-order chi connectivity index (χ1) is 18.5. The molecule has 7 heteroatoms. The Bertz CT molecular complexity index is 969. The zero-order chi connectivity index (χ0) is 30.8. The van der Waals surface area contributed by atoms with Gasteiger partial charge in [-0.25, -0.2) is 4.79 Å². The summed E-state index contributed by atoms with van der Waals surface area (Å²) in [5.41, 5.74) is 2.25. The summed E-state index contributed by atoms with van der Waals surface area (Å²) in [5, 5.41) is 6.04. The van der Waals surface area contributed by atoms with Crippen LogP contribution in [0.25, 0.3) is 0 Å². The van der Waals surface area contributed by atoms with Crippen LogP contribution in [0.4, 0.5) is 4.79 Å². The Balaban J connectivity index is 3.72. The maximum absolute atomic E-state index is 14.6. The summed E-state index contributed by atoms with van der Waals surface area (Å²) in [7, 11) is 0. The van der Waals surface area contributed by atoms with E-state index in [0.29, 0.717) is 12.3 Å². The Kier molecular flexibility index (Phi) is 14.2. The van der Waals surface area contributed by atoms with Gasteiger partial charge in [0.05, 0.1) is 0 Å². The number of amides is 3. The number of hydrogen-bond acceptors (Lipinski definition) is 4. The monoisotopic (exact) mass is 559 g/mol. The van der Waals surface area contributed by atoms with Crippen molar-refractivity contribution in [1.82, 2.24) is 15.5 Å². The van der Waals surface area contributed by atoms with Gasteiger partial charge in [-0.1, -0.05) is 65.7 Å². The molecule has 0 heterocycles. The van der Waals surface area contributed by atoms with Gasteiger partial charge < -0.3 is 20.3 Å². The molecule has 0 aliphatic heterocycles. The number of nitrogens with one attached hydrogen (secondary N) is 2. The van der Waals surface area contributed by atoms with Gasteiger partial charge in [-0.3, -0.25) is 9.59 Å². The number of ether oxygens (including phenoxy) is 1. The van der Waals surface area contributed by atoms with Gasteiger partial charge in [0.1, 0.15) is 17.7 Å². The van der Waals surface area contributed by atoms with Crippen LogP contribution in [-0.2, 0) is 14.3 Å². The number of nitrogens with zero attached hydrogens (tertiary/aromatic N) is 1. The Morgan fingerprint density at radius 3 is 2.02 bits per heavy atom. The van der Waals surface area contributed by atoms with Crippen molar-refractivity contribution in [2.75, 3.05) is 0 Å². The molecular formula is C33H57N3O4. The summed E-state index contributed by atoms with van der Waals surface area (Å²) in [5.74, 6) is -0.183. The molecule has 7 nitrogen and oxygen atoms in total. The van der Waals surface area contributed by atoms with E-state index < -0.39 is 23.8 Å². The van der Waals surface area contributed by atoms with Crippen molar-refractivity contribution in [3.8, 4) is 0 Å². The van der Waals surface area contributed by atoms with Crippen molar-refractivity contribution < 1.29 is 19.1 Å². The predicted molar refractivity (Wildman–Crippen MR) is 164 cm³/mol. The second-order valence-corrected chi connectivity index (χ2v) is 13.0. The van der Waals surface area contributed by atoms with E-state index in [2.05, 4.69) is 31.4 Å². The van der Waals surface area contributed by atoms with Gasteiger partial charge >= 0.3 is 6.09 Å². The molecule has 228 valence electrons. The molecule has 5 unspecified atom stereocenters. The Morgan fingerprint density at radius 2 is 1.52 bits per heavy atom. The quantitative estimate of drug-likeness (QED) is 0.251. The zero-order valence-electron chi connectivity index (χ0n) is 27.3. The third-order valence-electron chi connectivity index (χ3n) is 7.53. The molecule has 0 aromatic heterocycles. The molecule has 0 aliphatic rings. The van der Waals surface area contributed by atoms with Crippen molar-refractivity contribution in [2.24, 2.45) is 11.8 Å². The van der Waals surface area contributed by atoms with Gasteiger partial charge in [-0.05, 0) is 96.3 Å². The average molecular weight is 560 g/mol. The highest BCUT2D eigenvalue weighted by Gasteiger charge is 2.40. The molecular weight excluding hydrogens is 502 g/mol. The summed E-state index contributed by atoms with van der Waals surface area (Å²) in [6.07, 6.45) is 3.48.